The van der Waals surface area contributed by atoms with Crippen LogP contribution in [0.15, 0.2) is 48.1 Å². The maximum atomic E-state index is 12.9. The van der Waals surface area contributed by atoms with E-state index in [0.29, 0.717) is 13.0 Å². The lowest BCUT2D eigenvalue weighted by Crippen LogP contribution is -2.51. The number of hydrogen-bond acceptors (Lipinski definition) is 8. The van der Waals surface area contributed by atoms with Crippen LogP contribution in [0.1, 0.15) is 43.1 Å². The molecule has 4 rings (SSSR count). The average molecular weight is 485 g/mol. The van der Waals surface area contributed by atoms with Gasteiger partial charge in [0.1, 0.15) is 0 Å². The van der Waals surface area contributed by atoms with E-state index in [1.54, 1.807) is 24.9 Å². The van der Waals surface area contributed by atoms with Gasteiger partial charge in [-0.1, -0.05) is 12.1 Å². The highest BCUT2D eigenvalue weighted by atomic mass is 32.1. The van der Waals surface area contributed by atoms with Crippen LogP contribution in [0.25, 0.3) is 5.69 Å². The minimum Gasteiger partial charge on any atom is -0.380 e. The molecule has 4 atom stereocenters. The minimum absolute atomic E-state index is 0.289. The summed E-state index contributed by atoms with van der Waals surface area (Å²) >= 11 is 1.43. The van der Waals surface area contributed by atoms with Gasteiger partial charge in [0.2, 0.25) is 0 Å². The SMILES string of the molecule is CNc1nc(C2CCCN2C(=O)[C@H](O)C(O)C(=O)N[C@H](C)c2ccc(-n3cccn3)cc2)cs1. The lowest BCUT2D eigenvalue weighted by atomic mass is 10.1. The zero-order chi connectivity index (χ0) is 24.2. The van der Waals surface area contributed by atoms with Gasteiger partial charge in [0.05, 0.1) is 23.5 Å². The summed E-state index contributed by atoms with van der Waals surface area (Å²) < 4.78 is 1.72. The first-order valence-corrected chi connectivity index (χ1v) is 12.0. The molecule has 1 aromatic carbocycles. The number of hydrogen-bond donors (Lipinski definition) is 4. The van der Waals surface area contributed by atoms with Crippen molar-refractivity contribution in [1.82, 2.24) is 25.0 Å². The number of benzene rings is 1. The number of nitrogens with zero attached hydrogens (tertiary/aromatic N) is 4. The molecule has 0 spiro atoms. The topological polar surface area (TPSA) is 133 Å². The number of amides is 2. The van der Waals surface area contributed by atoms with E-state index in [1.807, 2.05) is 41.9 Å². The number of thiazole rings is 1. The Kier molecular flexibility index (Phi) is 7.25. The van der Waals surface area contributed by atoms with Crippen LogP contribution >= 0.6 is 11.3 Å². The molecule has 2 amide bonds. The quantitative estimate of drug-likeness (QED) is 0.382. The number of carbonyl (C=O) groups is 2. The van der Waals surface area contributed by atoms with Crippen molar-refractivity contribution in [2.45, 2.75) is 44.1 Å². The Balaban J connectivity index is 1.37. The second-order valence-electron chi connectivity index (χ2n) is 8.18. The van der Waals surface area contributed by atoms with E-state index in [2.05, 4.69) is 20.7 Å². The van der Waals surface area contributed by atoms with Gasteiger partial charge < -0.3 is 25.7 Å². The molecule has 34 heavy (non-hydrogen) atoms. The van der Waals surface area contributed by atoms with Gasteiger partial charge in [0, 0.05) is 31.4 Å². The molecule has 0 saturated carbocycles. The number of anilines is 1. The molecule has 1 aliphatic rings. The molecule has 0 radical (unpaired) electrons. The fraction of sp³-hybridized carbons (Fsp3) is 0.391. The number of nitrogens with one attached hydrogen (secondary N) is 2. The third-order valence-electron chi connectivity index (χ3n) is 5.95. The van der Waals surface area contributed by atoms with E-state index in [4.69, 9.17) is 0 Å². The molecule has 0 bridgehead atoms. The summed E-state index contributed by atoms with van der Waals surface area (Å²) in [6, 6.07) is 8.52. The molecule has 11 heteroatoms. The maximum absolute atomic E-state index is 12.9. The molecule has 2 unspecified atom stereocenters. The summed E-state index contributed by atoms with van der Waals surface area (Å²) in [6.07, 6.45) is 1.22. The van der Waals surface area contributed by atoms with E-state index in [-0.39, 0.29) is 6.04 Å². The number of aliphatic hydroxyl groups excluding tert-OH is 2. The van der Waals surface area contributed by atoms with Gasteiger partial charge >= 0.3 is 0 Å². The Hall–Kier alpha value is -3.28. The van der Waals surface area contributed by atoms with Crippen molar-refractivity contribution in [3.8, 4) is 5.69 Å². The van der Waals surface area contributed by atoms with Crippen LogP contribution in [0.3, 0.4) is 0 Å². The summed E-state index contributed by atoms with van der Waals surface area (Å²) in [6.45, 7) is 2.19. The number of aliphatic hydroxyl groups is 2. The molecule has 1 aliphatic heterocycles. The molecule has 1 saturated heterocycles. The largest absolute Gasteiger partial charge is 0.380 e. The van der Waals surface area contributed by atoms with Gasteiger partial charge in [-0.15, -0.1) is 11.3 Å². The van der Waals surface area contributed by atoms with Crippen molar-refractivity contribution in [2.24, 2.45) is 0 Å². The molecule has 4 N–H and O–H groups in total. The maximum Gasteiger partial charge on any atom is 0.255 e. The first kappa shape index (κ1) is 23.9. The molecule has 2 aromatic heterocycles. The zero-order valence-electron chi connectivity index (χ0n) is 19.0. The number of rotatable bonds is 8. The van der Waals surface area contributed by atoms with Crippen molar-refractivity contribution >= 4 is 28.3 Å². The van der Waals surface area contributed by atoms with Crippen molar-refractivity contribution in [1.29, 1.82) is 0 Å². The Morgan fingerprint density at radius 2 is 1.97 bits per heavy atom. The fourth-order valence-electron chi connectivity index (χ4n) is 4.06. The number of aromatic nitrogens is 3. The molecular formula is C23H28N6O4S. The van der Waals surface area contributed by atoms with Crippen LogP contribution < -0.4 is 10.6 Å². The van der Waals surface area contributed by atoms with E-state index in [1.165, 1.54) is 16.2 Å². The Labute approximate surface area is 201 Å². The van der Waals surface area contributed by atoms with Crippen LogP contribution in [-0.4, -0.2) is 67.5 Å². The van der Waals surface area contributed by atoms with Gasteiger partial charge in [-0.05, 0) is 43.5 Å². The molecule has 1 fully saturated rings. The highest BCUT2D eigenvalue weighted by molar-refractivity contribution is 7.13. The molecule has 180 valence electrons. The van der Waals surface area contributed by atoms with Gasteiger partial charge in [-0.3, -0.25) is 9.59 Å². The molecule has 3 aromatic rings. The predicted molar refractivity (Wildman–Crippen MR) is 127 cm³/mol. The van der Waals surface area contributed by atoms with Crippen LogP contribution in [0.2, 0.25) is 0 Å². The highest BCUT2D eigenvalue weighted by Gasteiger charge is 2.39. The van der Waals surface area contributed by atoms with Crippen molar-refractivity contribution in [2.75, 3.05) is 18.9 Å². The molecule has 3 heterocycles. The lowest BCUT2D eigenvalue weighted by Gasteiger charge is -2.28. The number of likely N-dealkylation sites (tertiary alicyclic amines) is 1. The van der Waals surface area contributed by atoms with Gasteiger partial charge in [0.15, 0.2) is 17.3 Å². The van der Waals surface area contributed by atoms with E-state index in [0.717, 1.165) is 28.5 Å². The lowest BCUT2D eigenvalue weighted by molar-refractivity contribution is -0.154. The summed E-state index contributed by atoms with van der Waals surface area (Å²) in [4.78, 5) is 31.5. The third kappa shape index (κ3) is 4.96. The van der Waals surface area contributed by atoms with Crippen molar-refractivity contribution in [3.63, 3.8) is 0 Å². The normalized spacial score (nSPS) is 18.4. The summed E-state index contributed by atoms with van der Waals surface area (Å²) in [5.74, 6) is -1.49. The van der Waals surface area contributed by atoms with E-state index < -0.39 is 30.1 Å². The fourth-order valence-corrected chi connectivity index (χ4v) is 4.78. The standard InChI is InChI=1S/C23H28N6O4S/c1-14(15-6-8-16(9-7-15)29-12-4-10-25-29)26-21(32)19(30)20(31)22(33)28-11-3-5-18(28)17-13-34-23(24-2)27-17/h4,6-10,12-14,18-20,30-31H,3,5,11H2,1-2H3,(H,24,27)(H,26,32)/t14-,18?,19?,20-/m1/s1. The van der Waals surface area contributed by atoms with Gasteiger partial charge in [0.25, 0.3) is 11.8 Å². The van der Waals surface area contributed by atoms with Crippen LogP contribution in [0.4, 0.5) is 5.13 Å². The zero-order valence-corrected chi connectivity index (χ0v) is 19.8. The van der Waals surface area contributed by atoms with E-state index >= 15 is 0 Å². The van der Waals surface area contributed by atoms with Crippen molar-refractivity contribution in [3.05, 3.63) is 59.4 Å². The molecule has 10 nitrogen and oxygen atoms in total. The summed E-state index contributed by atoms with van der Waals surface area (Å²) in [7, 11) is 1.77. The van der Waals surface area contributed by atoms with Crippen LogP contribution in [-0.2, 0) is 9.59 Å². The second-order valence-corrected chi connectivity index (χ2v) is 9.04. The van der Waals surface area contributed by atoms with Crippen LogP contribution in [0, 0.1) is 0 Å². The number of carbonyl (C=O) groups excluding carboxylic acids is 2. The predicted octanol–water partition coefficient (Wildman–Crippen LogP) is 1.63. The monoisotopic (exact) mass is 484 g/mol. The smallest absolute Gasteiger partial charge is 0.255 e. The van der Waals surface area contributed by atoms with Gasteiger partial charge in [-0.25, -0.2) is 9.67 Å². The van der Waals surface area contributed by atoms with Gasteiger partial charge in [-0.2, -0.15) is 5.10 Å². The minimum atomic E-state index is -1.89. The highest BCUT2D eigenvalue weighted by Crippen LogP contribution is 2.34. The molecular weight excluding hydrogens is 456 g/mol. The first-order chi connectivity index (χ1) is 16.4. The second kappa shape index (κ2) is 10.3. The van der Waals surface area contributed by atoms with Crippen LogP contribution in [0.5, 0.6) is 0 Å². The average Bonchev–Trinajstić information content (AvgIpc) is 3.63. The summed E-state index contributed by atoms with van der Waals surface area (Å²) in [5, 5.41) is 33.4. The Bertz CT molecular complexity index is 1120. The Morgan fingerprint density at radius 3 is 2.62 bits per heavy atom. The van der Waals surface area contributed by atoms with Crippen molar-refractivity contribution < 1.29 is 19.8 Å². The Morgan fingerprint density at radius 1 is 1.21 bits per heavy atom. The summed E-state index contributed by atoms with van der Waals surface area (Å²) in [5.41, 5.74) is 2.41. The first-order valence-electron chi connectivity index (χ1n) is 11.1. The molecule has 0 aliphatic carbocycles. The third-order valence-corrected chi connectivity index (χ3v) is 6.83. The van der Waals surface area contributed by atoms with E-state index in [9.17, 15) is 19.8 Å².